The van der Waals surface area contributed by atoms with Crippen LogP contribution in [0.3, 0.4) is 0 Å². The van der Waals surface area contributed by atoms with Crippen molar-refractivity contribution >= 4 is 17.5 Å². The van der Waals surface area contributed by atoms with Crippen molar-refractivity contribution in [2.45, 2.75) is 77.6 Å². The second kappa shape index (κ2) is 6.60. The standard InChI is InChI=1S/C24H30O5.K.H/c1-11(25)24(29-12(2)26)8-6-14-19-15(5-7-22(14,24)3)23(4)16-9-13(16)18(27)10-17(23)20-21(19)28-20;;/h10,13-16,19-21H,5-9H2,1-4H3;;/q;+1;-1/t13-,14?,15?,16+,19?,20-,21+,22+,23+,24+;;/m1../s1. The Morgan fingerprint density at radius 3 is 2.50 bits per heavy atom. The summed E-state index contributed by atoms with van der Waals surface area (Å²) in [6.07, 6.45) is 6.59. The predicted molar refractivity (Wildman–Crippen MR) is 105 cm³/mol. The van der Waals surface area contributed by atoms with Crippen LogP contribution >= 0.6 is 0 Å². The smallest absolute Gasteiger partial charge is 1.00 e. The van der Waals surface area contributed by atoms with Crippen LogP contribution in [-0.4, -0.2) is 35.3 Å². The van der Waals surface area contributed by atoms with Crippen molar-refractivity contribution in [1.29, 1.82) is 0 Å². The fourth-order valence-corrected chi connectivity index (χ4v) is 8.76. The van der Waals surface area contributed by atoms with Gasteiger partial charge in [-0.1, -0.05) is 13.8 Å². The minimum atomic E-state index is -0.999. The predicted octanol–water partition coefficient (Wildman–Crippen LogP) is 0.369. The summed E-state index contributed by atoms with van der Waals surface area (Å²) in [4.78, 5) is 37.2. The summed E-state index contributed by atoms with van der Waals surface area (Å²) in [6.45, 7) is 7.57. The van der Waals surface area contributed by atoms with Crippen molar-refractivity contribution in [2.24, 2.45) is 40.4 Å². The number of ketones is 2. The monoisotopic (exact) mass is 438 g/mol. The molecule has 10 atom stereocenters. The maximum absolute atomic E-state index is 12.8. The zero-order valence-electron chi connectivity index (χ0n) is 19.7. The van der Waals surface area contributed by atoms with E-state index in [-0.39, 0.29) is 93.5 Å². The van der Waals surface area contributed by atoms with Gasteiger partial charge in [-0.3, -0.25) is 14.4 Å². The van der Waals surface area contributed by atoms with Gasteiger partial charge in [-0.25, -0.2) is 0 Å². The minimum absolute atomic E-state index is 0. The summed E-state index contributed by atoms with van der Waals surface area (Å²) in [7, 11) is 0. The molecule has 5 nitrogen and oxygen atoms in total. The van der Waals surface area contributed by atoms with Gasteiger partial charge in [0.15, 0.2) is 17.2 Å². The molecule has 5 aliphatic carbocycles. The van der Waals surface area contributed by atoms with Crippen molar-refractivity contribution in [3.05, 3.63) is 11.6 Å². The molecular weight excluding hydrogens is 407 g/mol. The average molecular weight is 439 g/mol. The molecule has 0 amide bonds. The number of rotatable bonds is 2. The zero-order valence-corrected chi connectivity index (χ0v) is 21.8. The Balaban J connectivity index is 0.00000116. The molecular formula is C24H31KO5. The number of ether oxygens (including phenoxy) is 2. The Morgan fingerprint density at radius 2 is 1.83 bits per heavy atom. The molecule has 0 spiro atoms. The number of hydrogen-bond donors (Lipinski definition) is 0. The first kappa shape index (κ1) is 22.0. The Bertz CT molecular complexity index is 902. The van der Waals surface area contributed by atoms with E-state index in [0.29, 0.717) is 35.9 Å². The fourth-order valence-electron chi connectivity index (χ4n) is 8.76. The molecule has 3 unspecified atom stereocenters. The van der Waals surface area contributed by atoms with Crippen molar-refractivity contribution < 1.29 is 76.7 Å². The molecule has 5 fully saturated rings. The molecule has 30 heavy (non-hydrogen) atoms. The molecule has 0 aromatic carbocycles. The quantitative estimate of drug-likeness (QED) is 0.354. The van der Waals surface area contributed by atoms with E-state index in [9.17, 15) is 14.4 Å². The Morgan fingerprint density at radius 1 is 1.13 bits per heavy atom. The molecule has 4 saturated carbocycles. The third-order valence-electron chi connectivity index (χ3n) is 10.2. The van der Waals surface area contributed by atoms with Gasteiger partial charge in [0.2, 0.25) is 0 Å². The summed E-state index contributed by atoms with van der Waals surface area (Å²) in [5.74, 6) is 1.79. The van der Waals surface area contributed by atoms with E-state index in [0.717, 1.165) is 25.7 Å². The van der Waals surface area contributed by atoms with Gasteiger partial charge in [-0.2, -0.15) is 0 Å². The number of carbonyl (C=O) groups is 3. The van der Waals surface area contributed by atoms with Crippen LogP contribution in [0.15, 0.2) is 11.6 Å². The number of hydrogen-bond acceptors (Lipinski definition) is 5. The molecule has 1 aliphatic heterocycles. The largest absolute Gasteiger partial charge is 1.00 e. The van der Waals surface area contributed by atoms with Gasteiger partial charge in [-0.15, -0.1) is 0 Å². The fraction of sp³-hybridized carbons (Fsp3) is 0.792. The number of epoxide rings is 1. The molecule has 0 bridgehead atoms. The first-order valence-corrected chi connectivity index (χ1v) is 11.3. The third-order valence-corrected chi connectivity index (χ3v) is 10.2. The molecule has 0 radical (unpaired) electrons. The van der Waals surface area contributed by atoms with Crippen molar-refractivity contribution in [1.82, 2.24) is 0 Å². The van der Waals surface area contributed by atoms with Crippen molar-refractivity contribution in [3.8, 4) is 0 Å². The van der Waals surface area contributed by atoms with Crippen LogP contribution in [0.1, 0.15) is 61.2 Å². The molecule has 1 heterocycles. The van der Waals surface area contributed by atoms with Crippen LogP contribution in [-0.2, 0) is 23.9 Å². The molecule has 6 aliphatic rings. The van der Waals surface area contributed by atoms with Crippen LogP contribution in [0.5, 0.6) is 0 Å². The van der Waals surface area contributed by atoms with E-state index in [2.05, 4.69) is 13.8 Å². The Labute approximate surface area is 222 Å². The number of esters is 1. The van der Waals surface area contributed by atoms with Gasteiger partial charge in [-0.05, 0) is 79.8 Å². The zero-order chi connectivity index (χ0) is 20.5. The average Bonchev–Trinajstić information content (AvgIpc) is 3.54. The van der Waals surface area contributed by atoms with Gasteiger partial charge < -0.3 is 10.9 Å². The van der Waals surface area contributed by atoms with Crippen molar-refractivity contribution in [2.75, 3.05) is 0 Å². The minimum Gasteiger partial charge on any atom is -1.00 e. The summed E-state index contributed by atoms with van der Waals surface area (Å²) >= 11 is 0. The van der Waals surface area contributed by atoms with Gasteiger partial charge in [0.1, 0.15) is 6.10 Å². The third kappa shape index (κ3) is 2.44. The van der Waals surface area contributed by atoms with Gasteiger partial charge in [0.05, 0.1) is 6.10 Å². The number of Topliss-reactive ketones (excluding diaryl/α,β-unsaturated/α-hetero) is 1. The first-order chi connectivity index (χ1) is 13.6. The van der Waals surface area contributed by atoms with Crippen LogP contribution in [0.4, 0.5) is 0 Å². The topological polar surface area (TPSA) is 73.0 Å². The second-order valence-corrected chi connectivity index (χ2v) is 11.0. The maximum atomic E-state index is 12.8. The van der Waals surface area contributed by atoms with E-state index < -0.39 is 5.60 Å². The van der Waals surface area contributed by atoms with E-state index in [1.54, 1.807) is 6.92 Å². The number of carbonyl (C=O) groups excluding carboxylic acids is 3. The SMILES string of the molecule is CC(=O)O[C@]1(C(C)=O)CCC2C3C(CC[C@@]21C)[C@]1(C)C(=CC(=O)[C@@H]2C[C@@H]21)[C@H]1O[C@@H]31.[H-].[K+]. The molecule has 1 saturated heterocycles. The summed E-state index contributed by atoms with van der Waals surface area (Å²) < 4.78 is 12.1. The van der Waals surface area contributed by atoms with E-state index in [4.69, 9.17) is 9.47 Å². The second-order valence-electron chi connectivity index (χ2n) is 11.0. The van der Waals surface area contributed by atoms with Crippen LogP contribution in [0.25, 0.3) is 0 Å². The first-order valence-electron chi connectivity index (χ1n) is 11.3. The molecule has 6 rings (SSSR count). The molecule has 0 aromatic heterocycles. The van der Waals surface area contributed by atoms with Crippen LogP contribution < -0.4 is 51.4 Å². The van der Waals surface area contributed by atoms with Gasteiger partial charge in [0.25, 0.3) is 0 Å². The number of fused-ring (bicyclic) bond motifs is 10. The summed E-state index contributed by atoms with van der Waals surface area (Å²) in [5, 5.41) is 0. The van der Waals surface area contributed by atoms with Crippen molar-refractivity contribution in [3.63, 3.8) is 0 Å². The normalized spacial score (nSPS) is 54.2. The molecule has 0 N–H and O–H groups in total. The van der Waals surface area contributed by atoms with Crippen LogP contribution in [0.2, 0.25) is 0 Å². The summed E-state index contributed by atoms with van der Waals surface area (Å²) in [6, 6.07) is 0. The van der Waals surface area contributed by atoms with Gasteiger partial charge >= 0.3 is 57.4 Å². The van der Waals surface area contributed by atoms with E-state index in [1.165, 1.54) is 12.5 Å². The summed E-state index contributed by atoms with van der Waals surface area (Å²) in [5.41, 5.74) is -0.0364. The van der Waals surface area contributed by atoms with Gasteiger partial charge in [0, 0.05) is 18.3 Å². The molecule has 6 heteroatoms. The molecule has 158 valence electrons. The van der Waals surface area contributed by atoms with E-state index in [1.807, 2.05) is 6.08 Å². The Hall–Kier alpha value is 0.146. The molecule has 0 aromatic rings. The van der Waals surface area contributed by atoms with E-state index >= 15 is 0 Å². The van der Waals surface area contributed by atoms with Crippen LogP contribution in [0, 0.1) is 40.4 Å². The Kier molecular flexibility index (Phi) is 4.83. The maximum Gasteiger partial charge on any atom is 1.00 e.